The van der Waals surface area contributed by atoms with Crippen LogP contribution in [0.4, 0.5) is 34.1 Å². The highest BCUT2D eigenvalue weighted by molar-refractivity contribution is 9.10. The van der Waals surface area contributed by atoms with Crippen molar-refractivity contribution >= 4 is 72.0 Å². The summed E-state index contributed by atoms with van der Waals surface area (Å²) in [5.41, 5.74) is 14.9. The van der Waals surface area contributed by atoms with E-state index in [0.29, 0.717) is 0 Å². The maximum atomic E-state index is 6.43. The van der Waals surface area contributed by atoms with Gasteiger partial charge in [0.2, 0.25) is 0 Å². The molecule has 0 unspecified atom stereocenters. The monoisotopic (exact) mass is 808 g/mol. The zero-order valence-corrected chi connectivity index (χ0v) is 33.1. The zero-order valence-electron chi connectivity index (χ0n) is 31.5. The fourth-order valence-corrected chi connectivity index (χ4v) is 8.34. The van der Waals surface area contributed by atoms with E-state index in [4.69, 9.17) is 4.42 Å². The van der Waals surface area contributed by atoms with Gasteiger partial charge in [0.05, 0.1) is 0 Å². The third-order valence-corrected chi connectivity index (χ3v) is 11.2. The first-order valence-electron chi connectivity index (χ1n) is 19.4. The Hall–Kier alpha value is -7.14. The number of halogens is 1. The minimum atomic E-state index is 0.846. The van der Waals surface area contributed by atoms with Crippen LogP contribution in [0.3, 0.4) is 0 Å². The fourth-order valence-electron chi connectivity index (χ4n) is 7.87. The maximum Gasteiger partial charge on any atom is 0.137 e. The second-order valence-corrected chi connectivity index (χ2v) is 15.3. The number of anilines is 6. The van der Waals surface area contributed by atoms with Gasteiger partial charge in [0, 0.05) is 55.4 Å². The molecule has 58 heavy (non-hydrogen) atoms. The molecule has 9 aromatic carbocycles. The van der Waals surface area contributed by atoms with Crippen molar-refractivity contribution in [2.24, 2.45) is 0 Å². The SMILES string of the molecule is Brc1cc(N(c2ccc(-c3ccccc3)cc2)c2ccc(-c3ccccc3)cc2)cc(N(c2ccc(-c3ccccc3)cc2)c2ccc3c(c2)oc2ccccc23)c1. The van der Waals surface area contributed by atoms with Crippen LogP contribution in [-0.4, -0.2) is 0 Å². The highest BCUT2D eigenvalue weighted by atomic mass is 79.9. The Balaban J connectivity index is 1.12. The van der Waals surface area contributed by atoms with Gasteiger partial charge in [-0.05, 0) is 106 Å². The van der Waals surface area contributed by atoms with Crippen molar-refractivity contribution in [3.63, 3.8) is 0 Å². The van der Waals surface area contributed by atoms with E-state index in [1.807, 2.05) is 12.1 Å². The lowest BCUT2D eigenvalue weighted by molar-refractivity contribution is 0.669. The van der Waals surface area contributed by atoms with Gasteiger partial charge in [-0.15, -0.1) is 0 Å². The first-order valence-corrected chi connectivity index (χ1v) is 20.2. The van der Waals surface area contributed by atoms with Crippen LogP contribution in [0.1, 0.15) is 0 Å². The molecule has 0 bridgehead atoms. The summed E-state index contributed by atoms with van der Waals surface area (Å²) >= 11 is 3.96. The van der Waals surface area contributed by atoms with Gasteiger partial charge in [-0.1, -0.05) is 162 Å². The highest BCUT2D eigenvalue weighted by Gasteiger charge is 2.20. The first kappa shape index (κ1) is 35.3. The second-order valence-electron chi connectivity index (χ2n) is 14.4. The summed E-state index contributed by atoms with van der Waals surface area (Å²) in [6.07, 6.45) is 0. The van der Waals surface area contributed by atoms with E-state index in [2.05, 4.69) is 238 Å². The van der Waals surface area contributed by atoms with Crippen molar-refractivity contribution < 1.29 is 4.42 Å². The Morgan fingerprint density at radius 3 is 1.10 bits per heavy atom. The van der Waals surface area contributed by atoms with Crippen LogP contribution in [-0.2, 0) is 0 Å². The smallest absolute Gasteiger partial charge is 0.137 e. The molecular weight excluding hydrogens is 773 g/mol. The molecule has 276 valence electrons. The van der Waals surface area contributed by atoms with Crippen molar-refractivity contribution in [3.05, 3.63) is 229 Å². The average molecular weight is 810 g/mol. The van der Waals surface area contributed by atoms with Gasteiger partial charge in [-0.25, -0.2) is 0 Å². The molecule has 1 aromatic heterocycles. The predicted octanol–water partition coefficient (Wildman–Crippen LogP) is 16.3. The fraction of sp³-hybridized carbons (Fsp3) is 0. The van der Waals surface area contributed by atoms with E-state index in [1.165, 1.54) is 27.8 Å². The number of rotatable bonds is 9. The molecule has 0 spiro atoms. The van der Waals surface area contributed by atoms with Gasteiger partial charge in [0.15, 0.2) is 0 Å². The number of hydrogen-bond acceptors (Lipinski definition) is 3. The first-order chi connectivity index (χ1) is 28.6. The maximum absolute atomic E-state index is 6.43. The normalized spacial score (nSPS) is 11.2. The van der Waals surface area contributed by atoms with Crippen LogP contribution in [0, 0.1) is 0 Å². The topological polar surface area (TPSA) is 19.6 Å². The van der Waals surface area contributed by atoms with E-state index >= 15 is 0 Å². The molecule has 0 fully saturated rings. The van der Waals surface area contributed by atoms with E-state index in [9.17, 15) is 0 Å². The molecule has 0 aliphatic rings. The standard InChI is InChI=1S/C54H37BrN2O/c55-44-34-49(56(45-26-20-41(21-27-45)38-12-4-1-5-13-38)46-28-22-42(23-29-46)39-14-6-2-7-15-39)36-50(35-44)57(47-30-24-43(25-31-47)40-16-8-3-9-17-40)48-32-33-52-51-18-10-11-19-53(51)58-54(52)37-48/h1-37H. The van der Waals surface area contributed by atoms with Crippen molar-refractivity contribution in [2.45, 2.75) is 0 Å². The van der Waals surface area contributed by atoms with Gasteiger partial charge in [0.25, 0.3) is 0 Å². The van der Waals surface area contributed by atoms with Gasteiger partial charge in [-0.3, -0.25) is 0 Å². The molecule has 4 heteroatoms. The summed E-state index contributed by atoms with van der Waals surface area (Å²) in [5.74, 6) is 0. The lowest BCUT2D eigenvalue weighted by Crippen LogP contribution is -2.13. The number of benzene rings is 9. The minimum Gasteiger partial charge on any atom is -0.456 e. The molecule has 0 aliphatic carbocycles. The Morgan fingerprint density at radius 1 is 0.276 bits per heavy atom. The largest absolute Gasteiger partial charge is 0.456 e. The quantitative estimate of drug-likeness (QED) is 0.145. The molecular formula is C54H37BrN2O. The van der Waals surface area contributed by atoms with Crippen molar-refractivity contribution in [1.82, 2.24) is 0 Å². The highest BCUT2D eigenvalue weighted by Crippen LogP contribution is 2.44. The summed E-state index contributed by atoms with van der Waals surface area (Å²) in [4.78, 5) is 4.64. The third kappa shape index (κ3) is 6.95. The van der Waals surface area contributed by atoms with Crippen molar-refractivity contribution in [3.8, 4) is 33.4 Å². The molecule has 1 heterocycles. The van der Waals surface area contributed by atoms with Crippen LogP contribution in [0.2, 0.25) is 0 Å². The Labute approximate surface area is 346 Å². The summed E-state index contributed by atoms with van der Waals surface area (Å²) < 4.78 is 7.39. The van der Waals surface area contributed by atoms with E-state index in [-0.39, 0.29) is 0 Å². The van der Waals surface area contributed by atoms with Gasteiger partial charge in [0.1, 0.15) is 11.2 Å². The lowest BCUT2D eigenvalue weighted by atomic mass is 10.0. The summed E-state index contributed by atoms with van der Waals surface area (Å²) in [5, 5.41) is 2.21. The molecule has 10 rings (SSSR count). The van der Waals surface area contributed by atoms with Crippen molar-refractivity contribution in [1.29, 1.82) is 0 Å². The van der Waals surface area contributed by atoms with Crippen LogP contribution in [0.5, 0.6) is 0 Å². The van der Waals surface area contributed by atoms with Gasteiger partial charge < -0.3 is 14.2 Å². The number of fused-ring (bicyclic) bond motifs is 3. The van der Waals surface area contributed by atoms with Gasteiger partial charge >= 0.3 is 0 Å². The zero-order chi connectivity index (χ0) is 38.8. The number of furan rings is 1. The Kier molecular flexibility index (Phi) is 9.38. The van der Waals surface area contributed by atoms with Crippen LogP contribution >= 0.6 is 15.9 Å². The third-order valence-electron chi connectivity index (χ3n) is 10.7. The number of hydrogen-bond donors (Lipinski definition) is 0. The molecule has 0 atom stereocenters. The molecule has 0 radical (unpaired) electrons. The van der Waals surface area contributed by atoms with Crippen LogP contribution < -0.4 is 9.80 Å². The molecule has 0 N–H and O–H groups in total. The van der Waals surface area contributed by atoms with Crippen LogP contribution in [0.25, 0.3) is 55.3 Å². The predicted molar refractivity (Wildman–Crippen MR) is 247 cm³/mol. The minimum absolute atomic E-state index is 0.846. The molecule has 0 aliphatic heterocycles. The summed E-state index contributed by atoms with van der Waals surface area (Å²) in [7, 11) is 0. The van der Waals surface area contributed by atoms with E-state index < -0.39 is 0 Å². The molecule has 0 saturated heterocycles. The molecule has 3 nitrogen and oxygen atoms in total. The van der Waals surface area contributed by atoms with Gasteiger partial charge in [-0.2, -0.15) is 0 Å². The number of para-hydroxylation sites is 1. The van der Waals surface area contributed by atoms with E-state index in [0.717, 1.165) is 66.1 Å². The molecule has 0 amide bonds. The molecule has 0 saturated carbocycles. The van der Waals surface area contributed by atoms with Crippen molar-refractivity contribution in [2.75, 3.05) is 9.80 Å². The second kappa shape index (κ2) is 15.4. The number of nitrogens with zero attached hydrogens (tertiary/aromatic N) is 2. The summed E-state index contributed by atoms with van der Waals surface area (Å²) in [6, 6.07) is 79.4. The van der Waals surface area contributed by atoms with E-state index in [1.54, 1.807) is 0 Å². The lowest BCUT2D eigenvalue weighted by Gasteiger charge is -2.30. The average Bonchev–Trinajstić information content (AvgIpc) is 3.66. The van der Waals surface area contributed by atoms with Crippen LogP contribution in [0.15, 0.2) is 233 Å². The summed E-state index contributed by atoms with van der Waals surface area (Å²) in [6.45, 7) is 0. The Bertz CT molecular complexity index is 2900. The molecule has 10 aromatic rings. The Morgan fingerprint density at radius 2 is 0.638 bits per heavy atom.